The van der Waals surface area contributed by atoms with Crippen molar-refractivity contribution >= 4 is 55.9 Å². The second-order valence-electron chi connectivity index (χ2n) is 5.23. The predicted octanol–water partition coefficient (Wildman–Crippen LogP) is -3.04. The van der Waals surface area contributed by atoms with Crippen LogP contribution in [0, 0.1) is 0 Å². The van der Waals surface area contributed by atoms with Gasteiger partial charge in [0.2, 0.25) is 33.3 Å². The highest BCUT2D eigenvalue weighted by atomic mass is 127. The van der Waals surface area contributed by atoms with Gasteiger partial charge in [-0.1, -0.05) is 6.92 Å². The smallest absolute Gasteiger partial charge is 0.246 e. The van der Waals surface area contributed by atoms with Crippen LogP contribution in [0.25, 0.3) is 0 Å². The Labute approximate surface area is 175 Å². The SMILES string of the molecule is CCC(=O)NCCNC(=O)CNC(=O)CNC(=O)CNC(=O)COCC(=O)I. The molecule has 0 atom stereocenters. The summed E-state index contributed by atoms with van der Waals surface area (Å²) in [7, 11) is 0. The monoisotopic (exact) mass is 513 g/mol. The molecule has 0 aliphatic heterocycles. The van der Waals surface area contributed by atoms with Crippen molar-refractivity contribution in [3.8, 4) is 0 Å². The van der Waals surface area contributed by atoms with Gasteiger partial charge in [0.15, 0.2) is 0 Å². The fourth-order valence-electron chi connectivity index (χ4n) is 1.53. The van der Waals surface area contributed by atoms with E-state index < -0.39 is 23.6 Å². The Morgan fingerprint density at radius 3 is 1.54 bits per heavy atom. The first-order valence-corrected chi connectivity index (χ1v) is 9.42. The van der Waals surface area contributed by atoms with Gasteiger partial charge >= 0.3 is 0 Å². The van der Waals surface area contributed by atoms with Crippen LogP contribution in [-0.4, -0.2) is 79.3 Å². The first-order valence-electron chi connectivity index (χ1n) is 8.34. The normalized spacial score (nSPS) is 9.79. The van der Waals surface area contributed by atoms with E-state index in [2.05, 4.69) is 26.6 Å². The zero-order valence-corrected chi connectivity index (χ0v) is 17.6. The Balaban J connectivity index is 3.75. The van der Waals surface area contributed by atoms with Gasteiger partial charge in [0.05, 0.1) is 19.6 Å². The molecule has 0 aliphatic carbocycles. The Hall–Kier alpha value is -2.29. The maximum absolute atomic E-state index is 11.6. The van der Waals surface area contributed by atoms with Gasteiger partial charge in [0, 0.05) is 42.1 Å². The average molecular weight is 513 g/mol. The highest BCUT2D eigenvalue weighted by Crippen LogP contribution is 1.86. The molecule has 0 rings (SSSR count). The number of hydrogen-bond donors (Lipinski definition) is 5. The van der Waals surface area contributed by atoms with Crippen LogP contribution in [0.4, 0.5) is 0 Å². The molecule has 0 radical (unpaired) electrons. The van der Waals surface area contributed by atoms with Crippen molar-refractivity contribution in [1.29, 1.82) is 0 Å². The van der Waals surface area contributed by atoms with Crippen molar-refractivity contribution in [2.24, 2.45) is 0 Å². The fraction of sp³-hybridized carbons (Fsp3) is 0.600. The Morgan fingerprint density at radius 2 is 1.07 bits per heavy atom. The van der Waals surface area contributed by atoms with E-state index in [0.717, 1.165) is 0 Å². The van der Waals surface area contributed by atoms with Crippen LogP contribution in [0.5, 0.6) is 0 Å². The summed E-state index contributed by atoms with van der Waals surface area (Å²) >= 11 is 1.52. The Morgan fingerprint density at radius 1 is 0.643 bits per heavy atom. The minimum atomic E-state index is -0.607. The van der Waals surface area contributed by atoms with Gasteiger partial charge in [-0.3, -0.25) is 28.8 Å². The first kappa shape index (κ1) is 25.7. The molecule has 5 N–H and O–H groups in total. The molecule has 5 amide bonds. The first-order chi connectivity index (χ1) is 13.2. The van der Waals surface area contributed by atoms with Crippen molar-refractivity contribution in [2.45, 2.75) is 13.3 Å². The van der Waals surface area contributed by atoms with Crippen LogP contribution in [0.1, 0.15) is 13.3 Å². The molecular formula is C15H24IN5O7. The number of carbonyl (C=O) groups excluding carboxylic acids is 6. The van der Waals surface area contributed by atoms with Crippen LogP contribution in [-0.2, 0) is 33.5 Å². The third-order valence-electron chi connectivity index (χ3n) is 2.88. The van der Waals surface area contributed by atoms with Crippen molar-refractivity contribution in [3.05, 3.63) is 0 Å². The molecule has 13 heteroatoms. The zero-order chi connectivity index (χ0) is 21.4. The molecule has 0 unspecified atom stereocenters. The van der Waals surface area contributed by atoms with E-state index in [9.17, 15) is 28.8 Å². The second-order valence-corrected chi connectivity index (χ2v) is 6.43. The Kier molecular flexibility index (Phi) is 14.5. The third kappa shape index (κ3) is 15.9. The van der Waals surface area contributed by atoms with E-state index in [1.165, 1.54) is 22.6 Å². The van der Waals surface area contributed by atoms with E-state index in [-0.39, 0.29) is 55.6 Å². The van der Waals surface area contributed by atoms with Gasteiger partial charge in [-0.25, -0.2) is 0 Å². The number of halogens is 1. The molecule has 0 aromatic heterocycles. The van der Waals surface area contributed by atoms with Gasteiger partial charge in [-0.2, -0.15) is 0 Å². The molecule has 0 fully saturated rings. The van der Waals surface area contributed by atoms with Gasteiger partial charge < -0.3 is 31.3 Å². The number of carbonyl (C=O) groups is 6. The standard InChI is InChI=1S/C15H24IN5O7/c1-2-11(23)17-3-4-18-12(24)5-19-13(25)6-20-14(26)7-21-15(27)9-28-8-10(16)22/h2-9H2,1H3,(H,17,23)(H,18,24)(H,19,25)(H,20,26)(H,21,27). The van der Waals surface area contributed by atoms with E-state index in [1.807, 2.05) is 0 Å². The number of ether oxygens (including phenoxy) is 1. The summed E-state index contributed by atoms with van der Waals surface area (Å²) in [6, 6.07) is 0. The summed E-state index contributed by atoms with van der Waals surface area (Å²) in [6.45, 7) is 0.647. The topological polar surface area (TPSA) is 172 Å². The van der Waals surface area contributed by atoms with Crippen molar-refractivity contribution in [2.75, 3.05) is 45.9 Å². The number of rotatable bonds is 14. The fourth-order valence-corrected chi connectivity index (χ4v) is 1.75. The molecule has 28 heavy (non-hydrogen) atoms. The number of nitrogens with one attached hydrogen (secondary N) is 5. The van der Waals surface area contributed by atoms with Crippen molar-refractivity contribution < 1.29 is 33.5 Å². The lowest BCUT2D eigenvalue weighted by Gasteiger charge is -2.09. The molecule has 0 aromatic rings. The summed E-state index contributed by atoms with van der Waals surface area (Å²) < 4.78 is 4.51. The molecule has 0 bridgehead atoms. The average Bonchev–Trinajstić information content (AvgIpc) is 2.65. The predicted molar refractivity (Wildman–Crippen MR) is 105 cm³/mol. The van der Waals surface area contributed by atoms with E-state index >= 15 is 0 Å². The molecule has 0 aliphatic rings. The summed E-state index contributed by atoms with van der Waals surface area (Å²) in [5, 5.41) is 11.9. The molecule has 0 heterocycles. The summed E-state index contributed by atoms with van der Waals surface area (Å²) in [4.78, 5) is 67.5. The van der Waals surface area contributed by atoms with Gasteiger partial charge in [-0.05, 0) is 0 Å². The molecule has 158 valence electrons. The summed E-state index contributed by atoms with van der Waals surface area (Å²) in [5.74, 6) is -2.34. The minimum absolute atomic E-state index is 0.127. The quantitative estimate of drug-likeness (QED) is 0.0933. The maximum Gasteiger partial charge on any atom is 0.246 e. The van der Waals surface area contributed by atoms with Gasteiger partial charge in [-0.15, -0.1) is 0 Å². The van der Waals surface area contributed by atoms with E-state index in [0.29, 0.717) is 6.42 Å². The highest BCUT2D eigenvalue weighted by molar-refractivity contribution is 14.1. The molecule has 0 aromatic carbocycles. The third-order valence-corrected chi connectivity index (χ3v) is 3.19. The minimum Gasteiger partial charge on any atom is -0.363 e. The van der Waals surface area contributed by atoms with E-state index in [1.54, 1.807) is 6.92 Å². The second kappa shape index (κ2) is 15.7. The summed E-state index contributed by atoms with van der Waals surface area (Å²) in [6.07, 6.45) is 0.354. The van der Waals surface area contributed by atoms with E-state index in [4.69, 9.17) is 4.74 Å². The van der Waals surface area contributed by atoms with Crippen LogP contribution >= 0.6 is 22.6 Å². The summed E-state index contributed by atoms with van der Waals surface area (Å²) in [5.41, 5.74) is 0. The number of hydrogen-bond acceptors (Lipinski definition) is 7. The largest absolute Gasteiger partial charge is 0.363 e. The maximum atomic E-state index is 11.6. The molecule has 0 spiro atoms. The molecular weight excluding hydrogens is 489 g/mol. The molecule has 0 saturated carbocycles. The molecule has 0 saturated heterocycles. The van der Waals surface area contributed by atoms with Crippen LogP contribution in [0.3, 0.4) is 0 Å². The van der Waals surface area contributed by atoms with Crippen molar-refractivity contribution in [1.82, 2.24) is 26.6 Å². The van der Waals surface area contributed by atoms with Crippen LogP contribution in [0.15, 0.2) is 0 Å². The van der Waals surface area contributed by atoms with Crippen molar-refractivity contribution in [3.63, 3.8) is 0 Å². The lowest BCUT2D eigenvalue weighted by atomic mass is 10.4. The highest BCUT2D eigenvalue weighted by Gasteiger charge is 2.09. The van der Waals surface area contributed by atoms with Crippen LogP contribution < -0.4 is 26.6 Å². The lowest BCUT2D eigenvalue weighted by Crippen LogP contribution is -2.45. The molecule has 12 nitrogen and oxygen atoms in total. The van der Waals surface area contributed by atoms with Gasteiger partial charge in [0.1, 0.15) is 13.2 Å². The van der Waals surface area contributed by atoms with Gasteiger partial charge in [0.25, 0.3) is 0 Å². The number of amides is 5. The zero-order valence-electron chi connectivity index (χ0n) is 15.4. The van der Waals surface area contributed by atoms with Crippen LogP contribution in [0.2, 0.25) is 0 Å². The lowest BCUT2D eigenvalue weighted by molar-refractivity contribution is -0.130. The Bertz CT molecular complexity index is 585.